The third-order valence-corrected chi connectivity index (χ3v) is 1.86. The van der Waals surface area contributed by atoms with Gasteiger partial charge in [0.25, 0.3) is 5.91 Å². The molecule has 0 radical (unpaired) electrons. The van der Waals surface area contributed by atoms with Crippen molar-refractivity contribution < 1.29 is 9.63 Å². The summed E-state index contributed by atoms with van der Waals surface area (Å²) in [7, 11) is 3.44. The molecule has 2 N–H and O–H groups in total. The molecule has 0 unspecified atom stereocenters. The molecule has 1 rings (SSSR count). The number of nitrogens with two attached hydrogens (primary N) is 1. The van der Waals surface area contributed by atoms with Crippen LogP contribution >= 0.6 is 0 Å². The first kappa shape index (κ1) is 10.7. The number of nitrogens with zero attached hydrogens (tertiary/aromatic N) is 1. The molecule has 0 aliphatic carbocycles. The minimum absolute atomic E-state index is 0.00906. The molecule has 0 saturated heterocycles. The van der Waals surface area contributed by atoms with E-state index in [2.05, 4.69) is 4.84 Å². The SMILES string of the molecule is CN(C)C(=O)c1ccc(CON)cc1. The summed E-state index contributed by atoms with van der Waals surface area (Å²) < 4.78 is 0. The standard InChI is InChI=1S/C10H14N2O2/c1-12(2)10(13)9-5-3-8(4-6-9)7-14-11/h3-6H,7,11H2,1-2H3. The fraction of sp³-hybridized carbons (Fsp3) is 0.300. The van der Waals surface area contributed by atoms with E-state index in [0.29, 0.717) is 12.2 Å². The zero-order valence-corrected chi connectivity index (χ0v) is 8.36. The Kier molecular flexibility index (Phi) is 3.62. The normalized spacial score (nSPS) is 9.93. The molecule has 0 spiro atoms. The molecule has 4 nitrogen and oxygen atoms in total. The van der Waals surface area contributed by atoms with Crippen LogP contribution in [-0.2, 0) is 11.4 Å². The molecule has 0 aliphatic rings. The molecule has 14 heavy (non-hydrogen) atoms. The largest absolute Gasteiger partial charge is 0.345 e. The lowest BCUT2D eigenvalue weighted by atomic mass is 10.1. The van der Waals surface area contributed by atoms with Gasteiger partial charge < -0.3 is 4.90 Å². The van der Waals surface area contributed by atoms with E-state index >= 15 is 0 Å². The molecular weight excluding hydrogens is 180 g/mol. The summed E-state index contributed by atoms with van der Waals surface area (Å²) in [6, 6.07) is 7.17. The van der Waals surface area contributed by atoms with Crippen LogP contribution in [0.5, 0.6) is 0 Å². The predicted octanol–water partition coefficient (Wildman–Crippen LogP) is 0.779. The zero-order valence-electron chi connectivity index (χ0n) is 8.36. The Labute approximate surface area is 83.2 Å². The quantitative estimate of drug-likeness (QED) is 0.723. The van der Waals surface area contributed by atoms with Crippen molar-refractivity contribution in [1.29, 1.82) is 0 Å². The molecule has 4 heteroatoms. The third-order valence-electron chi connectivity index (χ3n) is 1.86. The highest BCUT2D eigenvalue weighted by molar-refractivity contribution is 5.93. The Morgan fingerprint density at radius 3 is 2.36 bits per heavy atom. The van der Waals surface area contributed by atoms with Gasteiger partial charge in [0, 0.05) is 19.7 Å². The second kappa shape index (κ2) is 4.74. The van der Waals surface area contributed by atoms with E-state index in [0.717, 1.165) is 5.56 Å². The van der Waals surface area contributed by atoms with E-state index in [1.54, 1.807) is 26.2 Å². The average Bonchev–Trinajstić information content (AvgIpc) is 2.18. The Morgan fingerprint density at radius 1 is 1.36 bits per heavy atom. The molecule has 0 atom stereocenters. The van der Waals surface area contributed by atoms with Crippen LogP contribution in [0.25, 0.3) is 0 Å². The fourth-order valence-electron chi connectivity index (χ4n) is 1.10. The number of amides is 1. The summed E-state index contributed by atoms with van der Waals surface area (Å²) in [6.07, 6.45) is 0. The lowest BCUT2D eigenvalue weighted by Gasteiger charge is -2.10. The zero-order chi connectivity index (χ0) is 10.6. The summed E-state index contributed by atoms with van der Waals surface area (Å²) in [5.41, 5.74) is 1.61. The van der Waals surface area contributed by atoms with Crippen molar-refractivity contribution in [3.63, 3.8) is 0 Å². The molecule has 1 amide bonds. The van der Waals surface area contributed by atoms with Crippen molar-refractivity contribution in [2.45, 2.75) is 6.61 Å². The minimum Gasteiger partial charge on any atom is -0.345 e. The van der Waals surface area contributed by atoms with Crippen LogP contribution in [0.3, 0.4) is 0 Å². The molecule has 1 aromatic carbocycles. The monoisotopic (exact) mass is 194 g/mol. The first-order chi connectivity index (χ1) is 6.65. The highest BCUT2D eigenvalue weighted by atomic mass is 16.6. The van der Waals surface area contributed by atoms with Gasteiger partial charge in [0.05, 0.1) is 6.61 Å². The van der Waals surface area contributed by atoms with Crippen LogP contribution < -0.4 is 5.90 Å². The lowest BCUT2D eigenvalue weighted by Crippen LogP contribution is -2.21. The first-order valence-electron chi connectivity index (χ1n) is 4.27. The van der Waals surface area contributed by atoms with Gasteiger partial charge in [-0.3, -0.25) is 9.63 Å². The van der Waals surface area contributed by atoms with Crippen molar-refractivity contribution in [3.05, 3.63) is 35.4 Å². The maximum absolute atomic E-state index is 11.5. The maximum atomic E-state index is 11.5. The van der Waals surface area contributed by atoms with Crippen LogP contribution in [0, 0.1) is 0 Å². The Balaban J connectivity index is 2.78. The highest BCUT2D eigenvalue weighted by Gasteiger charge is 2.06. The second-order valence-corrected chi connectivity index (χ2v) is 3.21. The van der Waals surface area contributed by atoms with Gasteiger partial charge in [-0.25, -0.2) is 5.90 Å². The van der Waals surface area contributed by atoms with Gasteiger partial charge in [-0.05, 0) is 17.7 Å². The van der Waals surface area contributed by atoms with Crippen LogP contribution in [0.1, 0.15) is 15.9 Å². The number of rotatable bonds is 3. The van der Waals surface area contributed by atoms with Crippen LogP contribution in [0.2, 0.25) is 0 Å². The average molecular weight is 194 g/mol. The van der Waals surface area contributed by atoms with E-state index < -0.39 is 0 Å². The molecule has 0 fully saturated rings. The number of hydrogen-bond donors (Lipinski definition) is 1. The summed E-state index contributed by atoms with van der Waals surface area (Å²) in [6.45, 7) is 0.358. The van der Waals surface area contributed by atoms with Crippen molar-refractivity contribution in [1.82, 2.24) is 4.90 Å². The van der Waals surface area contributed by atoms with Crippen LogP contribution in [0.15, 0.2) is 24.3 Å². The topological polar surface area (TPSA) is 55.6 Å². The van der Waals surface area contributed by atoms with Gasteiger partial charge in [-0.1, -0.05) is 12.1 Å². The van der Waals surface area contributed by atoms with E-state index in [-0.39, 0.29) is 5.91 Å². The third kappa shape index (κ3) is 2.55. The smallest absolute Gasteiger partial charge is 0.253 e. The fourth-order valence-corrected chi connectivity index (χ4v) is 1.10. The Bertz CT molecular complexity index is 306. The summed E-state index contributed by atoms with van der Waals surface area (Å²) in [5, 5.41) is 0. The van der Waals surface area contributed by atoms with Gasteiger partial charge in [-0.2, -0.15) is 0 Å². The van der Waals surface area contributed by atoms with E-state index in [9.17, 15) is 4.79 Å². The predicted molar refractivity (Wildman–Crippen MR) is 53.4 cm³/mol. The van der Waals surface area contributed by atoms with Gasteiger partial charge >= 0.3 is 0 Å². The second-order valence-electron chi connectivity index (χ2n) is 3.21. The highest BCUT2D eigenvalue weighted by Crippen LogP contribution is 2.06. The minimum atomic E-state index is -0.00906. The lowest BCUT2D eigenvalue weighted by molar-refractivity contribution is 0.0827. The molecular formula is C10H14N2O2. The van der Waals surface area contributed by atoms with E-state index in [1.165, 1.54) is 4.90 Å². The van der Waals surface area contributed by atoms with Gasteiger partial charge in [0.15, 0.2) is 0 Å². The van der Waals surface area contributed by atoms with Crippen molar-refractivity contribution in [2.24, 2.45) is 5.90 Å². The van der Waals surface area contributed by atoms with Crippen LogP contribution in [-0.4, -0.2) is 24.9 Å². The van der Waals surface area contributed by atoms with E-state index in [1.807, 2.05) is 12.1 Å². The summed E-state index contributed by atoms with van der Waals surface area (Å²) >= 11 is 0. The van der Waals surface area contributed by atoms with E-state index in [4.69, 9.17) is 5.90 Å². The van der Waals surface area contributed by atoms with Gasteiger partial charge in [0.1, 0.15) is 0 Å². The van der Waals surface area contributed by atoms with Gasteiger partial charge in [-0.15, -0.1) is 0 Å². The summed E-state index contributed by atoms with van der Waals surface area (Å²) in [5.74, 6) is 4.92. The molecule has 0 heterocycles. The molecule has 1 aromatic rings. The molecule has 76 valence electrons. The molecule has 0 aromatic heterocycles. The Morgan fingerprint density at radius 2 is 1.93 bits per heavy atom. The van der Waals surface area contributed by atoms with Crippen LogP contribution in [0.4, 0.5) is 0 Å². The maximum Gasteiger partial charge on any atom is 0.253 e. The first-order valence-corrected chi connectivity index (χ1v) is 4.27. The van der Waals surface area contributed by atoms with Crippen molar-refractivity contribution in [3.8, 4) is 0 Å². The van der Waals surface area contributed by atoms with Crippen molar-refractivity contribution >= 4 is 5.91 Å². The number of hydrogen-bond acceptors (Lipinski definition) is 3. The molecule has 0 saturated carbocycles. The number of benzene rings is 1. The Hall–Kier alpha value is -1.39. The molecule has 0 bridgehead atoms. The summed E-state index contributed by atoms with van der Waals surface area (Å²) in [4.78, 5) is 17.5. The van der Waals surface area contributed by atoms with Crippen molar-refractivity contribution in [2.75, 3.05) is 14.1 Å². The number of carbonyl (C=O) groups excluding carboxylic acids is 1. The molecule has 0 aliphatic heterocycles. The number of carbonyl (C=O) groups is 1. The van der Waals surface area contributed by atoms with Gasteiger partial charge in [0.2, 0.25) is 0 Å².